The van der Waals surface area contributed by atoms with Crippen molar-refractivity contribution in [1.29, 1.82) is 0 Å². The molecule has 0 atom stereocenters. The summed E-state index contributed by atoms with van der Waals surface area (Å²) in [6.07, 6.45) is 3.64. The minimum atomic E-state index is -0.0448. The molecule has 1 aromatic carbocycles. The van der Waals surface area contributed by atoms with Gasteiger partial charge in [0.05, 0.1) is 30.2 Å². The molecule has 8 nitrogen and oxygen atoms in total. The van der Waals surface area contributed by atoms with Crippen LogP contribution in [0.25, 0.3) is 5.70 Å². The molecule has 1 aromatic rings. The zero-order valence-electron chi connectivity index (χ0n) is 16.7. The maximum absolute atomic E-state index is 13.0. The molecule has 0 saturated carbocycles. The van der Waals surface area contributed by atoms with E-state index in [1.165, 1.54) is 5.01 Å². The van der Waals surface area contributed by atoms with Gasteiger partial charge in [-0.05, 0) is 18.7 Å². The van der Waals surface area contributed by atoms with Gasteiger partial charge in [0, 0.05) is 24.1 Å². The fourth-order valence-corrected chi connectivity index (χ4v) is 3.26. The number of carbonyl (C=O) groups is 1. The average Bonchev–Trinajstić information content (AvgIpc) is 2.73. The normalized spacial score (nSPS) is 19.2. The predicted molar refractivity (Wildman–Crippen MR) is 115 cm³/mol. The summed E-state index contributed by atoms with van der Waals surface area (Å²) in [7, 11) is 1.80. The van der Waals surface area contributed by atoms with Crippen molar-refractivity contribution in [3.63, 3.8) is 0 Å². The maximum Gasteiger partial charge on any atom is 0.228 e. The zero-order valence-corrected chi connectivity index (χ0v) is 16.7. The van der Waals surface area contributed by atoms with Crippen LogP contribution < -0.4 is 21.8 Å². The number of allylic oxidation sites excluding steroid dienone is 1. The fraction of sp³-hybridized carbons (Fsp3) is 0.286. The first kappa shape index (κ1) is 22.4. The van der Waals surface area contributed by atoms with Crippen molar-refractivity contribution in [2.45, 2.75) is 6.42 Å². The summed E-state index contributed by atoms with van der Waals surface area (Å²) in [5, 5.41) is 13.1. The Balaban J connectivity index is 2.74. The predicted octanol–water partition coefficient (Wildman–Crippen LogP) is 1.60. The van der Waals surface area contributed by atoms with Gasteiger partial charge in [-0.2, -0.15) is 0 Å². The summed E-state index contributed by atoms with van der Waals surface area (Å²) < 4.78 is 0. The van der Waals surface area contributed by atoms with E-state index >= 15 is 0 Å². The molecule has 0 fully saturated rings. The lowest BCUT2D eigenvalue weighted by atomic mass is 9.95. The van der Waals surface area contributed by atoms with E-state index in [4.69, 9.17) is 16.8 Å². The Morgan fingerprint density at radius 1 is 1.38 bits per heavy atom. The van der Waals surface area contributed by atoms with E-state index in [0.717, 1.165) is 5.57 Å². The number of hydrazine groups is 1. The highest BCUT2D eigenvalue weighted by Crippen LogP contribution is 2.35. The number of hydrogen-bond donors (Lipinski definition) is 4. The van der Waals surface area contributed by atoms with Gasteiger partial charge in [-0.1, -0.05) is 43.5 Å². The Hall–Kier alpha value is -2.91. The van der Waals surface area contributed by atoms with E-state index in [-0.39, 0.29) is 19.1 Å². The Labute approximate surface area is 171 Å². The first-order valence-electron chi connectivity index (χ1n) is 9.31. The summed E-state index contributed by atoms with van der Waals surface area (Å²) in [5.41, 5.74) is 10.2. The highest BCUT2D eigenvalue weighted by molar-refractivity contribution is 5.98. The molecule has 0 bridgehead atoms. The van der Waals surface area contributed by atoms with Gasteiger partial charge in [0.25, 0.3) is 0 Å². The standard InChI is InChI=1S/C21H29N5O3/c1-4-15-14-25(19(27)10-11-24-3)18-9-7-6-8-17(18)21(20(22)16(15)5-2)26(23)12-13-29-28/h4-9,24,28H,1-2,10-14,22-23H2,3H3/b16-15-,21-20-. The molecular weight excluding hydrogens is 370 g/mol. The average molecular weight is 399 g/mol. The number of fused-ring (bicyclic) bond motifs is 1. The number of para-hydroxylation sites is 1. The SMILES string of the molecule is C=C/C1=C(C=C)/C(N)=C(/N(N)CCOO)c2ccccc2N(C(=O)CCNC)C1. The molecule has 0 spiro atoms. The lowest BCUT2D eigenvalue weighted by Gasteiger charge is -2.33. The Morgan fingerprint density at radius 3 is 2.72 bits per heavy atom. The second-order valence-corrected chi connectivity index (χ2v) is 6.49. The first-order chi connectivity index (χ1) is 14.0. The molecule has 156 valence electrons. The van der Waals surface area contributed by atoms with Crippen LogP contribution in [0.3, 0.4) is 0 Å². The number of anilines is 1. The molecule has 0 unspecified atom stereocenters. The zero-order chi connectivity index (χ0) is 21.4. The van der Waals surface area contributed by atoms with Crippen LogP contribution in [0.15, 0.2) is 66.4 Å². The number of rotatable bonds is 9. The molecular formula is C21H29N5O3. The van der Waals surface area contributed by atoms with E-state index < -0.39 is 0 Å². The summed E-state index contributed by atoms with van der Waals surface area (Å²) >= 11 is 0. The van der Waals surface area contributed by atoms with Gasteiger partial charge in [-0.3, -0.25) is 10.1 Å². The van der Waals surface area contributed by atoms with Crippen molar-refractivity contribution in [3.8, 4) is 0 Å². The van der Waals surface area contributed by atoms with Crippen molar-refractivity contribution in [3.05, 3.63) is 72.0 Å². The van der Waals surface area contributed by atoms with Crippen LogP contribution in [-0.4, -0.2) is 49.5 Å². The Morgan fingerprint density at radius 2 is 2.10 bits per heavy atom. The monoisotopic (exact) mass is 399 g/mol. The van der Waals surface area contributed by atoms with Crippen molar-refractivity contribution < 1.29 is 14.9 Å². The number of amides is 1. The number of hydrogen-bond acceptors (Lipinski definition) is 7. The Bertz CT molecular complexity index is 831. The molecule has 1 aliphatic heterocycles. The minimum absolute atomic E-state index is 0.0122. The van der Waals surface area contributed by atoms with Gasteiger partial charge in [-0.25, -0.2) is 10.7 Å². The van der Waals surface area contributed by atoms with Gasteiger partial charge < -0.3 is 21.0 Å². The number of benzene rings is 1. The largest absolute Gasteiger partial charge is 0.396 e. The van der Waals surface area contributed by atoms with E-state index in [1.807, 2.05) is 24.3 Å². The van der Waals surface area contributed by atoms with Crippen molar-refractivity contribution in [2.75, 3.05) is 38.2 Å². The summed E-state index contributed by atoms with van der Waals surface area (Å²) in [5.74, 6) is 6.23. The van der Waals surface area contributed by atoms with Gasteiger partial charge in [0.15, 0.2) is 0 Å². The van der Waals surface area contributed by atoms with Crippen LogP contribution >= 0.6 is 0 Å². The highest BCUT2D eigenvalue weighted by Gasteiger charge is 2.27. The van der Waals surface area contributed by atoms with Gasteiger partial charge in [-0.15, -0.1) is 0 Å². The summed E-state index contributed by atoms with van der Waals surface area (Å²) in [6.45, 7) is 8.80. The second-order valence-electron chi connectivity index (χ2n) is 6.49. The minimum Gasteiger partial charge on any atom is -0.396 e. The molecule has 29 heavy (non-hydrogen) atoms. The topological polar surface area (TPSA) is 117 Å². The third kappa shape index (κ3) is 4.93. The third-order valence-corrected chi connectivity index (χ3v) is 4.72. The van der Waals surface area contributed by atoms with Crippen molar-refractivity contribution in [2.24, 2.45) is 11.6 Å². The number of nitrogens with zero attached hydrogens (tertiary/aromatic N) is 2. The summed E-state index contributed by atoms with van der Waals surface area (Å²) in [6, 6.07) is 7.42. The lowest BCUT2D eigenvalue weighted by Crippen LogP contribution is -2.39. The lowest BCUT2D eigenvalue weighted by molar-refractivity contribution is -0.243. The van der Waals surface area contributed by atoms with Crippen molar-refractivity contribution >= 4 is 17.3 Å². The molecule has 8 heteroatoms. The van der Waals surface area contributed by atoms with Gasteiger partial charge in [0.1, 0.15) is 6.61 Å². The van der Waals surface area contributed by atoms with Crippen LogP contribution in [0, 0.1) is 0 Å². The summed E-state index contributed by atoms with van der Waals surface area (Å²) in [4.78, 5) is 18.9. The number of nitrogens with two attached hydrogens (primary N) is 2. The van der Waals surface area contributed by atoms with Crippen molar-refractivity contribution in [1.82, 2.24) is 10.3 Å². The molecule has 0 radical (unpaired) electrons. The van der Waals surface area contributed by atoms with E-state index in [0.29, 0.717) is 47.7 Å². The molecule has 1 heterocycles. The fourth-order valence-electron chi connectivity index (χ4n) is 3.26. The number of nitrogens with one attached hydrogen (secondary N) is 1. The third-order valence-electron chi connectivity index (χ3n) is 4.72. The molecule has 6 N–H and O–H groups in total. The molecule has 1 aliphatic rings. The van der Waals surface area contributed by atoms with E-state index in [1.54, 1.807) is 24.1 Å². The van der Waals surface area contributed by atoms with Gasteiger partial charge in [0.2, 0.25) is 5.91 Å². The maximum atomic E-state index is 13.0. The van der Waals surface area contributed by atoms with Crippen LogP contribution in [0.1, 0.15) is 12.0 Å². The van der Waals surface area contributed by atoms with Crippen LogP contribution in [0.4, 0.5) is 5.69 Å². The first-order valence-corrected chi connectivity index (χ1v) is 9.31. The molecule has 2 rings (SSSR count). The van der Waals surface area contributed by atoms with Crippen LogP contribution in [-0.2, 0) is 9.68 Å². The van der Waals surface area contributed by atoms with Gasteiger partial charge >= 0.3 is 0 Å². The number of carbonyl (C=O) groups excluding carboxylic acids is 1. The van der Waals surface area contributed by atoms with Crippen LogP contribution in [0.5, 0.6) is 0 Å². The second kappa shape index (κ2) is 10.6. The van der Waals surface area contributed by atoms with Crippen LogP contribution in [0.2, 0.25) is 0 Å². The molecule has 0 aliphatic carbocycles. The molecule has 0 saturated heterocycles. The van der Waals surface area contributed by atoms with E-state index in [2.05, 4.69) is 23.4 Å². The van der Waals surface area contributed by atoms with E-state index in [9.17, 15) is 4.79 Å². The Kier molecular flexibility index (Phi) is 8.17. The molecule has 0 aromatic heterocycles. The highest BCUT2D eigenvalue weighted by atomic mass is 17.1. The quantitative estimate of drug-likeness (QED) is 0.283. The smallest absolute Gasteiger partial charge is 0.228 e. The molecule has 1 amide bonds.